The molecule has 17 heavy (non-hydrogen) atoms. The Labute approximate surface area is 108 Å². The molecule has 0 radical (unpaired) electrons. The lowest BCUT2D eigenvalue weighted by atomic mass is 9.77. The van der Waals surface area contributed by atoms with Crippen molar-refractivity contribution in [1.82, 2.24) is 5.32 Å². The van der Waals surface area contributed by atoms with Crippen molar-refractivity contribution in [3.8, 4) is 0 Å². The first-order chi connectivity index (χ1) is 7.81. The summed E-state index contributed by atoms with van der Waals surface area (Å²) < 4.78 is 0. The van der Waals surface area contributed by atoms with E-state index in [2.05, 4.69) is 53.1 Å². The molecule has 0 spiro atoms. The van der Waals surface area contributed by atoms with E-state index in [0.29, 0.717) is 0 Å². The predicted molar refractivity (Wildman–Crippen MR) is 79.1 cm³/mol. The van der Waals surface area contributed by atoms with Gasteiger partial charge in [0.25, 0.3) is 0 Å². The van der Waals surface area contributed by atoms with Gasteiger partial charge < -0.3 is 5.32 Å². The number of allylic oxidation sites excluding steroid dienone is 1. The van der Waals surface area contributed by atoms with Crippen molar-refractivity contribution in [3.05, 3.63) is 24.9 Å². The first-order valence-electron chi connectivity index (χ1n) is 6.92. The van der Waals surface area contributed by atoms with E-state index in [9.17, 15) is 0 Å². The van der Waals surface area contributed by atoms with Gasteiger partial charge in [0.05, 0.1) is 0 Å². The lowest BCUT2D eigenvalue weighted by Crippen LogP contribution is -2.41. The van der Waals surface area contributed by atoms with Gasteiger partial charge in [-0.2, -0.15) is 0 Å². The molecule has 1 nitrogen and oxygen atoms in total. The lowest BCUT2D eigenvalue weighted by Gasteiger charge is -2.37. The zero-order chi connectivity index (χ0) is 13.5. The molecule has 0 saturated carbocycles. The summed E-state index contributed by atoms with van der Waals surface area (Å²) >= 11 is 0. The van der Waals surface area contributed by atoms with Crippen molar-refractivity contribution in [1.29, 1.82) is 0 Å². The first-order valence-corrected chi connectivity index (χ1v) is 6.92. The summed E-state index contributed by atoms with van der Waals surface area (Å²) in [7, 11) is 0. The fourth-order valence-electron chi connectivity index (χ4n) is 2.14. The number of hydrogen-bond donors (Lipinski definition) is 1. The molecular weight excluding hydrogens is 206 g/mol. The Morgan fingerprint density at radius 1 is 1.12 bits per heavy atom. The smallest absolute Gasteiger partial charge is 0.0494 e. The molecule has 1 unspecified atom stereocenters. The van der Waals surface area contributed by atoms with Crippen LogP contribution in [0.15, 0.2) is 24.9 Å². The molecule has 1 atom stereocenters. The van der Waals surface area contributed by atoms with Crippen LogP contribution in [0.5, 0.6) is 0 Å². The molecule has 0 rings (SSSR count). The van der Waals surface area contributed by atoms with Crippen LogP contribution < -0.4 is 5.32 Å². The summed E-state index contributed by atoms with van der Waals surface area (Å²) in [5, 5.41) is 3.53. The van der Waals surface area contributed by atoms with E-state index in [4.69, 9.17) is 0 Å². The lowest BCUT2D eigenvalue weighted by molar-refractivity contribution is 0.288. The summed E-state index contributed by atoms with van der Waals surface area (Å²) in [6.07, 6.45) is 8.09. The van der Waals surface area contributed by atoms with E-state index >= 15 is 0 Å². The highest BCUT2D eigenvalue weighted by atomic mass is 15.0. The highest BCUT2D eigenvalue weighted by Crippen LogP contribution is 2.36. The molecule has 1 heteroatoms. The average molecular weight is 237 g/mol. The van der Waals surface area contributed by atoms with Crippen molar-refractivity contribution in [2.45, 2.75) is 72.3 Å². The van der Waals surface area contributed by atoms with Gasteiger partial charge in [0.1, 0.15) is 0 Å². The summed E-state index contributed by atoms with van der Waals surface area (Å²) in [4.78, 5) is 0. The van der Waals surface area contributed by atoms with Gasteiger partial charge in [0.15, 0.2) is 0 Å². The Bertz CT molecular complexity index is 252. The number of rotatable bonds is 9. The van der Waals surface area contributed by atoms with Crippen LogP contribution in [0.1, 0.15) is 66.7 Å². The van der Waals surface area contributed by atoms with Crippen LogP contribution in [0.3, 0.4) is 0 Å². The molecule has 0 aromatic carbocycles. The Morgan fingerprint density at radius 2 is 1.71 bits per heavy atom. The first kappa shape index (κ1) is 16.3. The fourth-order valence-corrected chi connectivity index (χ4v) is 2.14. The molecule has 0 aliphatic carbocycles. The van der Waals surface area contributed by atoms with Crippen molar-refractivity contribution in [3.63, 3.8) is 0 Å². The second-order valence-electron chi connectivity index (χ2n) is 5.94. The zero-order valence-electron chi connectivity index (χ0n) is 12.5. The van der Waals surface area contributed by atoms with Gasteiger partial charge >= 0.3 is 0 Å². The Hall–Kier alpha value is -0.720. The summed E-state index contributed by atoms with van der Waals surface area (Å²) in [5.41, 5.74) is 1.31. The molecule has 0 aromatic heterocycles. The van der Waals surface area contributed by atoms with Crippen LogP contribution >= 0.6 is 0 Å². The van der Waals surface area contributed by atoms with Crippen LogP contribution in [0.4, 0.5) is 0 Å². The second-order valence-corrected chi connectivity index (χ2v) is 5.94. The van der Waals surface area contributed by atoms with Gasteiger partial charge in [-0.1, -0.05) is 52.7 Å². The van der Waals surface area contributed by atoms with Crippen LogP contribution in [0, 0.1) is 5.41 Å². The van der Waals surface area contributed by atoms with Gasteiger partial charge in [-0.3, -0.25) is 0 Å². The summed E-state index contributed by atoms with van der Waals surface area (Å²) in [5.74, 6) is 0. The van der Waals surface area contributed by atoms with Crippen LogP contribution in [-0.4, -0.2) is 5.54 Å². The van der Waals surface area contributed by atoms with E-state index < -0.39 is 0 Å². The van der Waals surface area contributed by atoms with Gasteiger partial charge in [-0.25, -0.2) is 0 Å². The quantitative estimate of drug-likeness (QED) is 0.553. The maximum Gasteiger partial charge on any atom is 0.0494 e. The molecular formula is C16H31N. The van der Waals surface area contributed by atoms with E-state index in [0.717, 1.165) is 5.70 Å². The molecule has 0 aliphatic rings. The number of nitrogens with one attached hydrogen (secondary N) is 1. The molecule has 0 saturated heterocycles. The van der Waals surface area contributed by atoms with Crippen LogP contribution in [0.2, 0.25) is 0 Å². The van der Waals surface area contributed by atoms with E-state index in [1.807, 2.05) is 6.08 Å². The molecule has 100 valence electrons. The SMILES string of the molecule is C=CC(C)(C)NC(=C)C(C)(CCC)CCCC. The van der Waals surface area contributed by atoms with Crippen LogP contribution in [0.25, 0.3) is 0 Å². The molecule has 0 bridgehead atoms. The maximum absolute atomic E-state index is 4.27. The Kier molecular flexibility index (Phi) is 6.59. The highest BCUT2D eigenvalue weighted by molar-refractivity contribution is 5.13. The van der Waals surface area contributed by atoms with E-state index in [1.165, 1.54) is 32.1 Å². The van der Waals surface area contributed by atoms with Gasteiger partial charge in [-0.05, 0) is 26.7 Å². The van der Waals surface area contributed by atoms with Gasteiger partial charge in [0.2, 0.25) is 0 Å². The minimum Gasteiger partial charge on any atom is -0.380 e. The molecule has 0 aliphatic heterocycles. The number of hydrogen-bond acceptors (Lipinski definition) is 1. The second kappa shape index (κ2) is 6.88. The van der Waals surface area contributed by atoms with Gasteiger partial charge in [-0.15, -0.1) is 6.58 Å². The summed E-state index contributed by atoms with van der Waals surface area (Å²) in [6.45, 7) is 19.2. The van der Waals surface area contributed by atoms with E-state index in [-0.39, 0.29) is 11.0 Å². The van der Waals surface area contributed by atoms with Crippen molar-refractivity contribution < 1.29 is 0 Å². The third-order valence-electron chi connectivity index (χ3n) is 3.60. The van der Waals surface area contributed by atoms with Crippen molar-refractivity contribution in [2.24, 2.45) is 5.41 Å². The molecule has 0 aromatic rings. The minimum absolute atomic E-state index is 0.0711. The van der Waals surface area contributed by atoms with Gasteiger partial charge in [0, 0.05) is 16.7 Å². The molecule has 1 N–H and O–H groups in total. The number of unbranched alkanes of at least 4 members (excludes halogenated alkanes) is 1. The monoisotopic (exact) mass is 237 g/mol. The fraction of sp³-hybridized carbons (Fsp3) is 0.750. The molecule has 0 amide bonds. The average Bonchev–Trinajstić information content (AvgIpc) is 2.26. The largest absolute Gasteiger partial charge is 0.380 e. The zero-order valence-corrected chi connectivity index (χ0v) is 12.5. The highest BCUT2D eigenvalue weighted by Gasteiger charge is 2.28. The Morgan fingerprint density at radius 3 is 2.12 bits per heavy atom. The standard InChI is InChI=1S/C16H31N/c1-8-11-13-16(7,12-9-2)14(4)17-15(5,6)10-3/h10,17H,3-4,8-9,11-13H2,1-2,5-7H3. The van der Waals surface area contributed by atoms with E-state index in [1.54, 1.807) is 0 Å². The van der Waals surface area contributed by atoms with Crippen molar-refractivity contribution >= 4 is 0 Å². The molecule has 0 heterocycles. The van der Waals surface area contributed by atoms with Crippen LogP contribution in [-0.2, 0) is 0 Å². The third-order valence-corrected chi connectivity index (χ3v) is 3.60. The minimum atomic E-state index is -0.0711. The topological polar surface area (TPSA) is 12.0 Å². The normalized spacial score (nSPS) is 15.1. The predicted octanol–water partition coefficient (Wildman–Crippen LogP) is 5.05. The third kappa shape index (κ3) is 5.43. The maximum atomic E-state index is 4.27. The summed E-state index contributed by atoms with van der Waals surface area (Å²) in [6, 6.07) is 0. The molecule has 0 fully saturated rings. The van der Waals surface area contributed by atoms with Crippen molar-refractivity contribution in [2.75, 3.05) is 0 Å². The Balaban J connectivity index is 4.69.